The van der Waals surface area contributed by atoms with Gasteiger partial charge in [0.05, 0.1) is 23.8 Å². The lowest BCUT2D eigenvalue weighted by atomic mass is 10.2. The van der Waals surface area contributed by atoms with Crippen molar-refractivity contribution >= 4 is 16.9 Å². The number of hydrogen-bond acceptors (Lipinski definition) is 4. The SMILES string of the molecule is Nc1ncccc1Cn1c(=O)cnc2ccccc21. The maximum absolute atomic E-state index is 12.0. The van der Waals surface area contributed by atoms with Gasteiger partial charge in [0.15, 0.2) is 0 Å². The Morgan fingerprint density at radius 3 is 2.79 bits per heavy atom. The zero-order valence-electron chi connectivity index (χ0n) is 10.2. The van der Waals surface area contributed by atoms with Gasteiger partial charge >= 0.3 is 0 Å². The standard InChI is InChI=1S/C14H12N4O/c15-14-10(4-3-7-16-14)9-18-12-6-2-1-5-11(12)17-8-13(18)19/h1-8H,9H2,(H2,15,16). The first-order chi connectivity index (χ1) is 9.25. The molecule has 0 saturated carbocycles. The Morgan fingerprint density at radius 1 is 1.11 bits per heavy atom. The molecule has 0 unspecified atom stereocenters. The molecule has 0 spiro atoms. The van der Waals surface area contributed by atoms with Crippen molar-refractivity contribution in [3.05, 3.63) is 64.7 Å². The zero-order valence-corrected chi connectivity index (χ0v) is 10.2. The third kappa shape index (κ3) is 2.06. The molecule has 0 aliphatic heterocycles. The van der Waals surface area contributed by atoms with E-state index >= 15 is 0 Å². The van der Waals surface area contributed by atoms with Gasteiger partial charge in [0.2, 0.25) is 0 Å². The Kier molecular flexibility index (Phi) is 2.72. The fourth-order valence-electron chi connectivity index (χ4n) is 2.03. The van der Waals surface area contributed by atoms with Gasteiger partial charge in [-0.25, -0.2) is 9.97 Å². The van der Waals surface area contributed by atoms with Crippen LogP contribution in [-0.4, -0.2) is 14.5 Å². The fraction of sp³-hybridized carbons (Fsp3) is 0.0714. The summed E-state index contributed by atoms with van der Waals surface area (Å²) in [5, 5.41) is 0. The van der Waals surface area contributed by atoms with Gasteiger partial charge < -0.3 is 10.3 Å². The van der Waals surface area contributed by atoms with Crippen LogP contribution in [0.4, 0.5) is 5.82 Å². The van der Waals surface area contributed by atoms with Gasteiger partial charge in [0.1, 0.15) is 5.82 Å². The lowest BCUT2D eigenvalue weighted by molar-refractivity contribution is 0.785. The Labute approximate surface area is 109 Å². The van der Waals surface area contributed by atoms with E-state index < -0.39 is 0 Å². The molecule has 3 rings (SSSR count). The minimum atomic E-state index is -0.151. The van der Waals surface area contributed by atoms with E-state index in [1.807, 2.05) is 30.3 Å². The van der Waals surface area contributed by atoms with Crippen LogP contribution >= 0.6 is 0 Å². The van der Waals surface area contributed by atoms with Gasteiger partial charge in [-0.3, -0.25) is 4.79 Å². The summed E-state index contributed by atoms with van der Waals surface area (Å²) in [4.78, 5) is 20.1. The summed E-state index contributed by atoms with van der Waals surface area (Å²) in [6.07, 6.45) is 2.96. The summed E-state index contributed by atoms with van der Waals surface area (Å²) in [5.74, 6) is 0.440. The molecule has 1 aromatic carbocycles. The highest BCUT2D eigenvalue weighted by Crippen LogP contribution is 2.13. The third-order valence-electron chi connectivity index (χ3n) is 3.01. The molecule has 0 fully saturated rings. The van der Waals surface area contributed by atoms with E-state index in [0.29, 0.717) is 12.4 Å². The minimum absolute atomic E-state index is 0.151. The molecule has 2 N–H and O–H groups in total. The number of nitrogens with two attached hydrogens (primary N) is 1. The molecule has 0 aliphatic rings. The molecule has 5 nitrogen and oxygen atoms in total. The van der Waals surface area contributed by atoms with Gasteiger partial charge in [0.25, 0.3) is 5.56 Å². The average molecular weight is 252 g/mol. The second kappa shape index (κ2) is 4.53. The molecule has 0 aliphatic carbocycles. The quantitative estimate of drug-likeness (QED) is 0.748. The smallest absolute Gasteiger partial charge is 0.269 e. The molecule has 0 amide bonds. The van der Waals surface area contributed by atoms with Crippen LogP contribution in [0, 0.1) is 0 Å². The molecule has 2 heterocycles. The number of fused-ring (bicyclic) bond motifs is 1. The van der Waals surface area contributed by atoms with E-state index in [4.69, 9.17) is 5.73 Å². The molecule has 0 atom stereocenters. The largest absolute Gasteiger partial charge is 0.383 e. The second-order valence-electron chi connectivity index (χ2n) is 4.22. The first kappa shape index (κ1) is 11.4. The summed E-state index contributed by atoms with van der Waals surface area (Å²) in [7, 11) is 0. The van der Waals surface area contributed by atoms with Gasteiger partial charge in [-0.05, 0) is 18.2 Å². The highest BCUT2D eigenvalue weighted by Gasteiger charge is 2.06. The van der Waals surface area contributed by atoms with Gasteiger partial charge in [0, 0.05) is 11.8 Å². The lowest BCUT2D eigenvalue weighted by Gasteiger charge is -2.10. The topological polar surface area (TPSA) is 73.8 Å². The normalized spacial score (nSPS) is 10.7. The Morgan fingerprint density at radius 2 is 1.95 bits per heavy atom. The zero-order chi connectivity index (χ0) is 13.2. The first-order valence-corrected chi connectivity index (χ1v) is 5.89. The van der Waals surface area contributed by atoms with Crippen LogP contribution in [0.1, 0.15) is 5.56 Å². The van der Waals surface area contributed by atoms with Crippen molar-refractivity contribution in [3.8, 4) is 0 Å². The van der Waals surface area contributed by atoms with Crippen LogP contribution in [-0.2, 0) is 6.54 Å². The van der Waals surface area contributed by atoms with Crippen molar-refractivity contribution in [2.45, 2.75) is 6.54 Å². The summed E-state index contributed by atoms with van der Waals surface area (Å²) in [6, 6.07) is 11.2. The van der Waals surface area contributed by atoms with Crippen molar-refractivity contribution in [2.24, 2.45) is 0 Å². The Bertz CT molecular complexity index is 795. The second-order valence-corrected chi connectivity index (χ2v) is 4.22. The average Bonchev–Trinajstić information content (AvgIpc) is 2.44. The maximum Gasteiger partial charge on any atom is 0.269 e. The van der Waals surface area contributed by atoms with Gasteiger partial charge in [-0.2, -0.15) is 0 Å². The summed E-state index contributed by atoms with van der Waals surface area (Å²) >= 11 is 0. The number of aromatic nitrogens is 3. The highest BCUT2D eigenvalue weighted by atomic mass is 16.1. The number of anilines is 1. The molecule has 2 aromatic heterocycles. The Hall–Kier alpha value is -2.69. The van der Waals surface area contributed by atoms with Crippen LogP contribution in [0.5, 0.6) is 0 Å². The van der Waals surface area contributed by atoms with E-state index in [1.165, 1.54) is 6.20 Å². The number of rotatable bonds is 2. The van der Waals surface area contributed by atoms with Crippen molar-refractivity contribution in [3.63, 3.8) is 0 Å². The van der Waals surface area contributed by atoms with Crippen LogP contribution in [0.2, 0.25) is 0 Å². The van der Waals surface area contributed by atoms with E-state index in [0.717, 1.165) is 16.6 Å². The number of hydrogen-bond donors (Lipinski definition) is 1. The first-order valence-electron chi connectivity index (χ1n) is 5.89. The molecule has 0 saturated heterocycles. The molecule has 19 heavy (non-hydrogen) atoms. The van der Waals surface area contributed by atoms with Crippen LogP contribution in [0.3, 0.4) is 0 Å². The molecular formula is C14H12N4O. The molecule has 94 valence electrons. The number of benzene rings is 1. The molecule has 3 aromatic rings. The fourth-order valence-corrected chi connectivity index (χ4v) is 2.03. The van der Waals surface area contributed by atoms with Crippen molar-refractivity contribution < 1.29 is 0 Å². The predicted octanol–water partition coefficient (Wildman–Crippen LogP) is 1.42. The number of nitrogens with zero attached hydrogens (tertiary/aromatic N) is 3. The predicted molar refractivity (Wildman–Crippen MR) is 73.8 cm³/mol. The molecule has 0 radical (unpaired) electrons. The van der Waals surface area contributed by atoms with E-state index in [-0.39, 0.29) is 5.56 Å². The highest BCUT2D eigenvalue weighted by molar-refractivity contribution is 5.74. The summed E-state index contributed by atoms with van der Waals surface area (Å²) < 4.78 is 1.65. The van der Waals surface area contributed by atoms with Crippen LogP contribution < -0.4 is 11.3 Å². The van der Waals surface area contributed by atoms with E-state index in [1.54, 1.807) is 16.8 Å². The number of nitrogen functional groups attached to an aromatic ring is 1. The van der Waals surface area contributed by atoms with Crippen LogP contribution in [0.25, 0.3) is 11.0 Å². The molecule has 5 heteroatoms. The number of para-hydroxylation sites is 2. The van der Waals surface area contributed by atoms with E-state index in [2.05, 4.69) is 9.97 Å². The summed E-state index contributed by atoms with van der Waals surface area (Å²) in [5.41, 5.74) is 8.06. The lowest BCUT2D eigenvalue weighted by Crippen LogP contribution is -2.21. The minimum Gasteiger partial charge on any atom is -0.383 e. The van der Waals surface area contributed by atoms with Crippen molar-refractivity contribution in [1.29, 1.82) is 0 Å². The maximum atomic E-state index is 12.0. The van der Waals surface area contributed by atoms with Crippen molar-refractivity contribution in [2.75, 3.05) is 5.73 Å². The monoisotopic (exact) mass is 252 g/mol. The molecule has 0 bridgehead atoms. The van der Waals surface area contributed by atoms with E-state index in [9.17, 15) is 4.79 Å². The third-order valence-corrected chi connectivity index (χ3v) is 3.01. The van der Waals surface area contributed by atoms with Crippen molar-refractivity contribution in [1.82, 2.24) is 14.5 Å². The summed E-state index contributed by atoms with van der Waals surface area (Å²) in [6.45, 7) is 0.390. The van der Waals surface area contributed by atoms with Crippen LogP contribution in [0.15, 0.2) is 53.6 Å². The molecular weight excluding hydrogens is 240 g/mol. The van der Waals surface area contributed by atoms with Gasteiger partial charge in [-0.15, -0.1) is 0 Å². The Balaban J connectivity index is 2.18. The number of pyridine rings is 1. The van der Waals surface area contributed by atoms with Gasteiger partial charge in [-0.1, -0.05) is 18.2 Å².